The molecule has 92 valence electrons. The number of aromatic amines is 1. The van der Waals surface area contributed by atoms with Gasteiger partial charge in [-0.05, 0) is 43.3 Å². The van der Waals surface area contributed by atoms with Crippen molar-refractivity contribution < 1.29 is 14.3 Å². The van der Waals surface area contributed by atoms with Gasteiger partial charge in [0, 0.05) is 11.8 Å². The number of ether oxygens (including phenoxy) is 1. The minimum atomic E-state index is -0.115. The molecule has 0 amide bonds. The SMILES string of the molecule is CC(=O)c1ccc(OCC(=O)c2ccc[nH]2)cc1. The van der Waals surface area contributed by atoms with Gasteiger partial charge in [0.1, 0.15) is 5.75 Å². The van der Waals surface area contributed by atoms with Gasteiger partial charge in [-0.15, -0.1) is 0 Å². The summed E-state index contributed by atoms with van der Waals surface area (Å²) in [4.78, 5) is 25.5. The monoisotopic (exact) mass is 243 g/mol. The third-order valence-electron chi connectivity index (χ3n) is 2.53. The van der Waals surface area contributed by atoms with Crippen molar-refractivity contribution in [2.45, 2.75) is 6.92 Å². The molecule has 0 unspecified atom stereocenters. The Morgan fingerprint density at radius 2 is 1.89 bits per heavy atom. The van der Waals surface area contributed by atoms with Crippen LogP contribution in [0.5, 0.6) is 5.75 Å². The Balaban J connectivity index is 1.94. The minimum absolute atomic E-state index is 0.00371. The first-order valence-electron chi connectivity index (χ1n) is 5.57. The van der Waals surface area contributed by atoms with E-state index in [2.05, 4.69) is 4.98 Å². The number of hydrogen-bond donors (Lipinski definition) is 1. The number of H-pyrrole nitrogens is 1. The molecule has 0 aliphatic rings. The summed E-state index contributed by atoms with van der Waals surface area (Å²) in [5.41, 5.74) is 1.15. The number of carbonyl (C=O) groups is 2. The lowest BCUT2D eigenvalue weighted by atomic mass is 10.1. The maximum Gasteiger partial charge on any atom is 0.216 e. The van der Waals surface area contributed by atoms with Crippen molar-refractivity contribution in [1.82, 2.24) is 4.98 Å². The van der Waals surface area contributed by atoms with Gasteiger partial charge in [-0.25, -0.2) is 0 Å². The van der Waals surface area contributed by atoms with E-state index in [9.17, 15) is 9.59 Å². The van der Waals surface area contributed by atoms with Crippen molar-refractivity contribution >= 4 is 11.6 Å². The molecule has 0 aliphatic heterocycles. The molecule has 0 atom stereocenters. The first-order valence-corrected chi connectivity index (χ1v) is 5.57. The zero-order valence-corrected chi connectivity index (χ0v) is 9.97. The first kappa shape index (κ1) is 12.1. The number of benzene rings is 1. The van der Waals surface area contributed by atoms with Crippen LogP contribution < -0.4 is 4.74 Å². The van der Waals surface area contributed by atoms with Gasteiger partial charge in [0.05, 0.1) is 5.69 Å². The molecule has 1 heterocycles. The third kappa shape index (κ3) is 2.85. The zero-order valence-electron chi connectivity index (χ0n) is 9.97. The summed E-state index contributed by atoms with van der Waals surface area (Å²) in [6.07, 6.45) is 1.69. The lowest BCUT2D eigenvalue weighted by Crippen LogP contribution is -2.11. The Morgan fingerprint density at radius 3 is 2.44 bits per heavy atom. The maximum atomic E-state index is 11.6. The van der Waals surface area contributed by atoms with Gasteiger partial charge in [-0.2, -0.15) is 0 Å². The minimum Gasteiger partial charge on any atom is -0.485 e. The van der Waals surface area contributed by atoms with Crippen molar-refractivity contribution in [2.24, 2.45) is 0 Å². The number of nitrogens with one attached hydrogen (secondary N) is 1. The summed E-state index contributed by atoms with van der Waals surface area (Å²) in [7, 11) is 0. The molecular formula is C14H13NO3. The highest BCUT2D eigenvalue weighted by Crippen LogP contribution is 2.13. The standard InChI is InChI=1S/C14H13NO3/c1-10(16)11-4-6-12(7-5-11)18-9-14(17)13-3-2-8-15-13/h2-8,15H,9H2,1H3. The van der Waals surface area contributed by atoms with Crippen LogP contribution in [0.25, 0.3) is 0 Å². The molecule has 1 N–H and O–H groups in total. The maximum absolute atomic E-state index is 11.6. The van der Waals surface area contributed by atoms with Crippen molar-refractivity contribution in [3.63, 3.8) is 0 Å². The predicted octanol–water partition coefficient (Wildman–Crippen LogP) is 2.48. The molecule has 1 aromatic carbocycles. The molecule has 0 saturated heterocycles. The Morgan fingerprint density at radius 1 is 1.17 bits per heavy atom. The Labute approximate surface area is 105 Å². The average molecular weight is 243 g/mol. The van der Waals surface area contributed by atoms with Crippen LogP contribution >= 0.6 is 0 Å². The van der Waals surface area contributed by atoms with Crippen molar-refractivity contribution in [1.29, 1.82) is 0 Å². The highest BCUT2D eigenvalue weighted by atomic mass is 16.5. The number of rotatable bonds is 5. The van der Waals surface area contributed by atoms with Crippen LogP contribution in [0, 0.1) is 0 Å². The van der Waals surface area contributed by atoms with E-state index < -0.39 is 0 Å². The van der Waals surface area contributed by atoms with E-state index in [1.165, 1.54) is 6.92 Å². The predicted molar refractivity (Wildman–Crippen MR) is 67.1 cm³/mol. The summed E-state index contributed by atoms with van der Waals surface area (Å²) in [5, 5.41) is 0. The molecule has 0 radical (unpaired) electrons. The van der Waals surface area contributed by atoms with Crippen molar-refractivity contribution in [3.8, 4) is 5.75 Å². The van der Waals surface area contributed by atoms with Crippen molar-refractivity contribution in [2.75, 3.05) is 6.61 Å². The second-order valence-electron chi connectivity index (χ2n) is 3.88. The number of aromatic nitrogens is 1. The molecule has 0 spiro atoms. The molecule has 0 bridgehead atoms. The molecule has 0 fully saturated rings. The van der Waals surface area contributed by atoms with Gasteiger partial charge >= 0.3 is 0 Å². The van der Waals surface area contributed by atoms with Crippen molar-refractivity contribution in [3.05, 3.63) is 53.9 Å². The van der Waals surface area contributed by atoms with Gasteiger partial charge in [0.2, 0.25) is 5.78 Å². The second kappa shape index (κ2) is 5.31. The highest BCUT2D eigenvalue weighted by Gasteiger charge is 2.07. The fourth-order valence-corrected chi connectivity index (χ4v) is 1.52. The Hall–Kier alpha value is -2.36. The largest absolute Gasteiger partial charge is 0.485 e. The third-order valence-corrected chi connectivity index (χ3v) is 2.53. The van der Waals surface area contributed by atoms with E-state index in [1.54, 1.807) is 42.6 Å². The lowest BCUT2D eigenvalue weighted by molar-refractivity contribution is 0.0916. The van der Waals surface area contributed by atoms with Crippen LogP contribution in [0.4, 0.5) is 0 Å². The fraction of sp³-hybridized carbons (Fsp3) is 0.143. The summed E-state index contributed by atoms with van der Waals surface area (Å²) in [6.45, 7) is 1.48. The fourth-order valence-electron chi connectivity index (χ4n) is 1.52. The van der Waals surface area contributed by atoms with Crippen LogP contribution in [0.15, 0.2) is 42.6 Å². The summed E-state index contributed by atoms with van der Waals surface area (Å²) >= 11 is 0. The molecule has 4 heteroatoms. The molecule has 2 rings (SSSR count). The van der Waals surface area contributed by atoms with E-state index in [0.717, 1.165) is 0 Å². The van der Waals surface area contributed by atoms with E-state index in [4.69, 9.17) is 4.74 Å². The van der Waals surface area contributed by atoms with Crippen LogP contribution in [-0.2, 0) is 0 Å². The summed E-state index contributed by atoms with van der Waals surface area (Å²) in [5.74, 6) is 0.458. The van der Waals surface area contributed by atoms with Gasteiger partial charge in [0.25, 0.3) is 0 Å². The van der Waals surface area contributed by atoms with Crippen LogP contribution in [0.3, 0.4) is 0 Å². The highest BCUT2D eigenvalue weighted by molar-refractivity contribution is 5.95. The average Bonchev–Trinajstić information content (AvgIpc) is 2.90. The molecular weight excluding hydrogens is 230 g/mol. The molecule has 18 heavy (non-hydrogen) atoms. The van der Waals surface area contributed by atoms with Crippen LogP contribution in [0.2, 0.25) is 0 Å². The number of ketones is 2. The van der Waals surface area contributed by atoms with E-state index >= 15 is 0 Å². The van der Waals surface area contributed by atoms with Crippen LogP contribution in [0.1, 0.15) is 27.8 Å². The van der Waals surface area contributed by atoms with Gasteiger partial charge in [0.15, 0.2) is 12.4 Å². The zero-order chi connectivity index (χ0) is 13.0. The lowest BCUT2D eigenvalue weighted by Gasteiger charge is -2.05. The molecule has 2 aromatic rings. The number of hydrogen-bond acceptors (Lipinski definition) is 3. The molecule has 1 aromatic heterocycles. The van der Waals surface area contributed by atoms with E-state index in [0.29, 0.717) is 17.0 Å². The quantitative estimate of drug-likeness (QED) is 0.821. The number of Topliss-reactive ketones (excluding diaryl/α,β-unsaturated/α-hetero) is 2. The smallest absolute Gasteiger partial charge is 0.216 e. The van der Waals surface area contributed by atoms with Gasteiger partial charge in [-0.1, -0.05) is 0 Å². The molecule has 0 saturated carbocycles. The van der Waals surface area contributed by atoms with Crippen LogP contribution in [-0.4, -0.2) is 23.2 Å². The Kier molecular flexibility index (Phi) is 3.57. The summed E-state index contributed by atoms with van der Waals surface area (Å²) < 4.78 is 5.35. The van der Waals surface area contributed by atoms with Gasteiger partial charge in [-0.3, -0.25) is 9.59 Å². The normalized spacial score (nSPS) is 10.1. The molecule has 4 nitrogen and oxygen atoms in total. The Bertz CT molecular complexity index is 541. The van der Waals surface area contributed by atoms with E-state index in [-0.39, 0.29) is 18.2 Å². The molecule has 0 aliphatic carbocycles. The van der Waals surface area contributed by atoms with E-state index in [1.807, 2.05) is 0 Å². The second-order valence-corrected chi connectivity index (χ2v) is 3.88. The topological polar surface area (TPSA) is 59.2 Å². The first-order chi connectivity index (χ1) is 8.66. The number of carbonyl (C=O) groups excluding carboxylic acids is 2. The van der Waals surface area contributed by atoms with Gasteiger partial charge < -0.3 is 9.72 Å². The summed E-state index contributed by atoms with van der Waals surface area (Å²) in [6, 6.07) is 10.2.